The largest absolute Gasteiger partial charge is 0.369 e. The Balaban J connectivity index is 1.62. The lowest BCUT2D eigenvalue weighted by Gasteiger charge is -2.13. The van der Waals surface area contributed by atoms with Gasteiger partial charge in [-0.15, -0.1) is 11.3 Å². The molecule has 2 heterocycles. The summed E-state index contributed by atoms with van der Waals surface area (Å²) >= 11 is 1.78. The fourth-order valence-electron chi connectivity index (χ4n) is 3.03. The average molecular weight is 375 g/mol. The molecule has 2 aromatic carbocycles. The van der Waals surface area contributed by atoms with E-state index in [9.17, 15) is 0 Å². The van der Waals surface area contributed by atoms with E-state index in [1.165, 1.54) is 16.0 Å². The first-order chi connectivity index (χ1) is 13.2. The highest BCUT2D eigenvalue weighted by atomic mass is 32.1. The van der Waals surface area contributed by atoms with Gasteiger partial charge in [0.05, 0.1) is 5.52 Å². The summed E-state index contributed by atoms with van der Waals surface area (Å²) in [5.74, 6) is 1.48. The van der Waals surface area contributed by atoms with Crippen molar-refractivity contribution in [2.24, 2.45) is 0 Å². The Morgan fingerprint density at radius 2 is 1.81 bits per heavy atom. The Labute approximate surface area is 163 Å². The number of aromatic nitrogens is 2. The average Bonchev–Trinajstić information content (AvgIpc) is 3.19. The number of benzene rings is 2. The molecule has 0 unspecified atom stereocenters. The molecule has 4 aromatic rings. The van der Waals surface area contributed by atoms with E-state index >= 15 is 0 Å². The maximum Gasteiger partial charge on any atom is 0.229 e. The zero-order valence-electron chi connectivity index (χ0n) is 15.5. The smallest absolute Gasteiger partial charge is 0.229 e. The Kier molecular flexibility index (Phi) is 5.03. The number of fused-ring (bicyclic) bond motifs is 1. The lowest BCUT2D eigenvalue weighted by atomic mass is 10.1. The highest BCUT2D eigenvalue weighted by Crippen LogP contribution is 2.26. The standard InChI is InChI=1S/C22H22N4S/c1-15-7-5-11-19(16(15)2)24-22-25-20-10-4-3-9-18(20)21(26-22)23-13-12-17-8-6-14-27-17/h3-11,14H,12-13H2,1-2H3,(H2,23,24,25,26). The normalized spacial score (nSPS) is 10.9. The Morgan fingerprint density at radius 1 is 0.926 bits per heavy atom. The molecular weight excluding hydrogens is 352 g/mol. The van der Waals surface area contributed by atoms with Crippen molar-refractivity contribution >= 4 is 39.7 Å². The van der Waals surface area contributed by atoms with Gasteiger partial charge in [0.1, 0.15) is 5.82 Å². The minimum absolute atomic E-state index is 0.612. The third kappa shape index (κ3) is 3.93. The Bertz CT molecular complexity index is 1060. The number of aryl methyl sites for hydroxylation is 1. The van der Waals surface area contributed by atoms with Crippen molar-refractivity contribution in [1.82, 2.24) is 9.97 Å². The van der Waals surface area contributed by atoms with Crippen LogP contribution < -0.4 is 10.6 Å². The summed E-state index contributed by atoms with van der Waals surface area (Å²) in [4.78, 5) is 10.8. The molecule has 0 spiro atoms. The van der Waals surface area contributed by atoms with E-state index in [1.807, 2.05) is 24.3 Å². The molecule has 0 saturated heterocycles. The van der Waals surface area contributed by atoms with Gasteiger partial charge in [0.15, 0.2) is 0 Å². The molecule has 0 bridgehead atoms. The van der Waals surface area contributed by atoms with Crippen molar-refractivity contribution in [3.8, 4) is 0 Å². The first kappa shape index (κ1) is 17.5. The number of thiophene rings is 1. The monoisotopic (exact) mass is 374 g/mol. The van der Waals surface area contributed by atoms with Crippen molar-refractivity contribution < 1.29 is 0 Å². The van der Waals surface area contributed by atoms with Gasteiger partial charge >= 0.3 is 0 Å². The molecule has 5 heteroatoms. The summed E-state index contributed by atoms with van der Waals surface area (Å²) in [7, 11) is 0. The van der Waals surface area contributed by atoms with Gasteiger partial charge in [-0.2, -0.15) is 4.98 Å². The van der Waals surface area contributed by atoms with Gasteiger partial charge in [-0.25, -0.2) is 4.98 Å². The van der Waals surface area contributed by atoms with E-state index in [-0.39, 0.29) is 0 Å². The summed E-state index contributed by atoms with van der Waals surface area (Å²) in [5.41, 5.74) is 4.42. The number of para-hydroxylation sites is 1. The quantitative estimate of drug-likeness (QED) is 0.454. The Hall–Kier alpha value is -2.92. The number of nitrogens with zero attached hydrogens (tertiary/aromatic N) is 2. The van der Waals surface area contributed by atoms with Crippen molar-refractivity contribution in [3.63, 3.8) is 0 Å². The van der Waals surface area contributed by atoms with Gasteiger partial charge in [0.25, 0.3) is 0 Å². The van der Waals surface area contributed by atoms with Crippen LogP contribution in [-0.2, 0) is 6.42 Å². The highest BCUT2D eigenvalue weighted by molar-refractivity contribution is 7.09. The van der Waals surface area contributed by atoms with Gasteiger partial charge < -0.3 is 10.6 Å². The first-order valence-corrected chi connectivity index (χ1v) is 9.95. The molecule has 0 fully saturated rings. The van der Waals surface area contributed by atoms with Crippen LogP contribution in [0.1, 0.15) is 16.0 Å². The fraction of sp³-hybridized carbons (Fsp3) is 0.182. The van der Waals surface area contributed by atoms with Gasteiger partial charge in [-0.1, -0.05) is 30.3 Å². The second-order valence-electron chi connectivity index (χ2n) is 6.54. The maximum absolute atomic E-state index is 4.76. The molecule has 0 aliphatic rings. The van der Waals surface area contributed by atoms with Gasteiger partial charge in [-0.3, -0.25) is 0 Å². The predicted molar refractivity (Wildman–Crippen MR) is 115 cm³/mol. The molecule has 0 saturated carbocycles. The van der Waals surface area contributed by atoms with E-state index < -0.39 is 0 Å². The number of rotatable bonds is 6. The van der Waals surface area contributed by atoms with E-state index in [0.717, 1.165) is 35.4 Å². The van der Waals surface area contributed by atoms with Gasteiger partial charge in [0, 0.05) is 22.5 Å². The minimum Gasteiger partial charge on any atom is -0.369 e. The van der Waals surface area contributed by atoms with E-state index in [0.29, 0.717) is 5.95 Å². The van der Waals surface area contributed by atoms with E-state index in [1.54, 1.807) is 11.3 Å². The van der Waals surface area contributed by atoms with Gasteiger partial charge in [-0.05, 0) is 61.0 Å². The second-order valence-corrected chi connectivity index (χ2v) is 7.57. The van der Waals surface area contributed by atoms with Crippen molar-refractivity contribution in [2.45, 2.75) is 20.3 Å². The molecular formula is C22H22N4S. The number of hydrogen-bond acceptors (Lipinski definition) is 5. The Morgan fingerprint density at radius 3 is 2.67 bits per heavy atom. The van der Waals surface area contributed by atoms with Crippen molar-refractivity contribution in [2.75, 3.05) is 17.2 Å². The lowest BCUT2D eigenvalue weighted by Crippen LogP contribution is -2.08. The topological polar surface area (TPSA) is 49.8 Å². The summed E-state index contributed by atoms with van der Waals surface area (Å²) in [6.07, 6.45) is 0.982. The number of anilines is 3. The van der Waals surface area contributed by atoms with Gasteiger partial charge in [0.2, 0.25) is 5.95 Å². The van der Waals surface area contributed by atoms with Crippen molar-refractivity contribution in [3.05, 3.63) is 76.0 Å². The number of nitrogens with one attached hydrogen (secondary N) is 2. The van der Waals surface area contributed by atoms with E-state index in [2.05, 4.69) is 60.2 Å². The summed E-state index contributed by atoms with van der Waals surface area (Å²) < 4.78 is 0. The van der Waals surface area contributed by atoms with Crippen molar-refractivity contribution in [1.29, 1.82) is 0 Å². The fourth-order valence-corrected chi connectivity index (χ4v) is 3.74. The molecule has 0 atom stereocenters. The first-order valence-electron chi connectivity index (χ1n) is 9.07. The summed E-state index contributed by atoms with van der Waals surface area (Å²) in [6.45, 7) is 5.06. The lowest BCUT2D eigenvalue weighted by molar-refractivity contribution is 1.03. The van der Waals surface area contributed by atoms with Crippen LogP contribution in [0.3, 0.4) is 0 Å². The van der Waals surface area contributed by atoms with Crippen LogP contribution in [0.25, 0.3) is 10.9 Å². The van der Waals surface area contributed by atoms with Crippen LogP contribution in [0.2, 0.25) is 0 Å². The highest BCUT2D eigenvalue weighted by Gasteiger charge is 2.09. The van der Waals surface area contributed by atoms with Crippen LogP contribution in [0, 0.1) is 13.8 Å². The van der Waals surface area contributed by atoms with Crippen LogP contribution in [-0.4, -0.2) is 16.5 Å². The predicted octanol–water partition coefficient (Wildman–Crippen LogP) is 5.71. The third-order valence-corrected chi connectivity index (χ3v) is 5.63. The van der Waals surface area contributed by atoms with Crippen LogP contribution in [0.4, 0.5) is 17.5 Å². The molecule has 2 aromatic heterocycles. The van der Waals surface area contributed by atoms with Crippen LogP contribution in [0.15, 0.2) is 60.0 Å². The zero-order valence-corrected chi connectivity index (χ0v) is 16.3. The minimum atomic E-state index is 0.612. The zero-order chi connectivity index (χ0) is 18.6. The molecule has 2 N–H and O–H groups in total. The summed E-state index contributed by atoms with van der Waals surface area (Å²) in [5, 5.41) is 10.0. The maximum atomic E-state index is 4.76. The molecule has 0 aliphatic carbocycles. The molecule has 136 valence electrons. The van der Waals surface area contributed by atoms with Crippen LogP contribution in [0.5, 0.6) is 0 Å². The number of hydrogen-bond donors (Lipinski definition) is 2. The summed E-state index contributed by atoms with van der Waals surface area (Å²) in [6, 6.07) is 18.6. The molecule has 4 rings (SSSR count). The van der Waals surface area contributed by atoms with E-state index in [4.69, 9.17) is 9.97 Å². The van der Waals surface area contributed by atoms with Crippen LogP contribution >= 0.6 is 11.3 Å². The molecule has 4 nitrogen and oxygen atoms in total. The molecule has 27 heavy (non-hydrogen) atoms. The third-order valence-electron chi connectivity index (χ3n) is 4.70. The molecule has 0 amide bonds. The second kappa shape index (κ2) is 7.76. The SMILES string of the molecule is Cc1cccc(Nc2nc(NCCc3cccs3)c3ccccc3n2)c1C. The molecule has 0 aliphatic heterocycles. The molecule has 0 radical (unpaired) electrons.